The fraction of sp³-hybridized carbons (Fsp3) is 0.357. The topological polar surface area (TPSA) is 38.0 Å². The van der Waals surface area contributed by atoms with Crippen LogP contribution in [0.3, 0.4) is 0 Å². The monoisotopic (exact) mass is 326 g/mol. The number of aliphatic hydroxyl groups excluding tert-OH is 1. The summed E-state index contributed by atoms with van der Waals surface area (Å²) in [5, 5.41) is 14.6. The van der Waals surface area contributed by atoms with E-state index in [0.29, 0.717) is 16.5 Å². The number of halogens is 2. The van der Waals surface area contributed by atoms with E-state index in [2.05, 4.69) is 21.0 Å². The van der Waals surface area contributed by atoms with E-state index in [0.717, 1.165) is 17.8 Å². The van der Waals surface area contributed by atoms with E-state index in [1.165, 1.54) is 6.07 Å². The van der Waals surface area contributed by atoms with Crippen LogP contribution < -0.4 is 0 Å². The fourth-order valence-corrected chi connectivity index (χ4v) is 2.55. The van der Waals surface area contributed by atoms with E-state index in [9.17, 15) is 9.50 Å². The molecule has 1 aromatic heterocycles. The highest BCUT2D eigenvalue weighted by Crippen LogP contribution is 2.28. The summed E-state index contributed by atoms with van der Waals surface area (Å²) in [5.41, 5.74) is 2.47. The minimum absolute atomic E-state index is 0.320. The van der Waals surface area contributed by atoms with Gasteiger partial charge in [0.05, 0.1) is 16.3 Å². The lowest BCUT2D eigenvalue weighted by Crippen LogP contribution is -2.07. The summed E-state index contributed by atoms with van der Waals surface area (Å²) in [4.78, 5) is 0. The predicted octanol–water partition coefficient (Wildman–Crippen LogP) is 3.16. The summed E-state index contributed by atoms with van der Waals surface area (Å²) in [6.45, 7) is 2.03. The molecule has 0 bridgehead atoms. The van der Waals surface area contributed by atoms with Gasteiger partial charge in [-0.1, -0.05) is 19.1 Å². The Bertz CT molecular complexity index is 583. The van der Waals surface area contributed by atoms with Crippen LogP contribution in [0.15, 0.2) is 28.7 Å². The molecule has 1 aromatic carbocycles. The van der Waals surface area contributed by atoms with Gasteiger partial charge in [-0.3, -0.25) is 4.68 Å². The Labute approximate surface area is 120 Å². The van der Waals surface area contributed by atoms with Crippen LogP contribution in [0.5, 0.6) is 0 Å². The quantitative estimate of drug-likeness (QED) is 0.937. The lowest BCUT2D eigenvalue weighted by molar-refractivity contribution is 0.174. The van der Waals surface area contributed by atoms with Crippen LogP contribution in [0, 0.1) is 5.82 Å². The zero-order chi connectivity index (χ0) is 14.0. The molecule has 2 rings (SSSR count). The van der Waals surface area contributed by atoms with Crippen molar-refractivity contribution in [1.29, 1.82) is 0 Å². The number of aliphatic hydroxyl groups is 1. The van der Waals surface area contributed by atoms with Crippen LogP contribution in [-0.2, 0) is 19.9 Å². The molecule has 1 N–H and O–H groups in total. The Hall–Kier alpha value is -1.20. The Morgan fingerprint density at radius 2 is 2.21 bits per heavy atom. The van der Waals surface area contributed by atoms with E-state index in [1.807, 2.05) is 20.0 Å². The highest BCUT2D eigenvalue weighted by Gasteiger charge is 2.16. The first kappa shape index (κ1) is 14.2. The molecular weight excluding hydrogens is 311 g/mol. The fourth-order valence-electron chi connectivity index (χ4n) is 2.02. The molecular formula is C14H16BrFN2O. The third-order valence-electron chi connectivity index (χ3n) is 3.13. The maximum Gasteiger partial charge on any atom is 0.137 e. The normalized spacial score (nSPS) is 12.7. The van der Waals surface area contributed by atoms with Gasteiger partial charge in [0.15, 0.2) is 0 Å². The van der Waals surface area contributed by atoms with Crippen molar-refractivity contribution in [3.8, 4) is 0 Å². The minimum atomic E-state index is -0.759. The van der Waals surface area contributed by atoms with Gasteiger partial charge in [0, 0.05) is 19.2 Å². The van der Waals surface area contributed by atoms with Gasteiger partial charge in [-0.2, -0.15) is 5.10 Å². The summed E-state index contributed by atoms with van der Waals surface area (Å²) >= 11 is 3.17. The van der Waals surface area contributed by atoms with Crippen molar-refractivity contribution in [2.45, 2.75) is 25.9 Å². The van der Waals surface area contributed by atoms with Gasteiger partial charge in [0.2, 0.25) is 0 Å². The van der Waals surface area contributed by atoms with Crippen LogP contribution in [0.1, 0.15) is 30.0 Å². The molecule has 0 fully saturated rings. The number of aromatic nitrogens is 2. The van der Waals surface area contributed by atoms with Crippen molar-refractivity contribution in [3.63, 3.8) is 0 Å². The SMILES string of the molecule is CCc1cc(CC(O)c2cccc(F)c2Br)n(C)n1. The second-order valence-corrected chi connectivity index (χ2v) is 5.26. The van der Waals surface area contributed by atoms with Crippen LogP contribution in [0.25, 0.3) is 0 Å². The van der Waals surface area contributed by atoms with E-state index in [-0.39, 0.29) is 5.82 Å². The molecule has 0 aliphatic rings. The summed E-state index contributed by atoms with van der Waals surface area (Å²) in [6.07, 6.45) is 0.504. The van der Waals surface area contributed by atoms with Gasteiger partial charge in [-0.15, -0.1) is 0 Å². The number of hydrogen-bond donors (Lipinski definition) is 1. The first-order chi connectivity index (χ1) is 9.02. The van der Waals surface area contributed by atoms with Crippen molar-refractivity contribution in [2.24, 2.45) is 7.05 Å². The second-order valence-electron chi connectivity index (χ2n) is 4.47. The zero-order valence-corrected chi connectivity index (χ0v) is 12.5. The van der Waals surface area contributed by atoms with Crippen LogP contribution in [0.4, 0.5) is 4.39 Å². The Kier molecular flexibility index (Phi) is 4.37. The predicted molar refractivity (Wildman–Crippen MR) is 75.3 cm³/mol. The molecule has 0 saturated heterocycles. The molecule has 2 aromatic rings. The first-order valence-electron chi connectivity index (χ1n) is 6.16. The molecule has 1 unspecified atom stereocenters. The Balaban J connectivity index is 2.22. The van der Waals surface area contributed by atoms with Crippen LogP contribution in [0.2, 0.25) is 0 Å². The first-order valence-corrected chi connectivity index (χ1v) is 6.96. The standard InChI is InChI=1S/C14H16BrFN2O/c1-3-9-7-10(18(2)17-9)8-13(19)11-5-4-6-12(16)14(11)15/h4-7,13,19H,3,8H2,1-2H3. The van der Waals surface area contributed by atoms with Gasteiger partial charge >= 0.3 is 0 Å². The third-order valence-corrected chi connectivity index (χ3v) is 3.97. The summed E-state index contributed by atoms with van der Waals surface area (Å²) in [5.74, 6) is -0.365. The number of hydrogen-bond acceptors (Lipinski definition) is 2. The molecule has 0 aliphatic carbocycles. The molecule has 0 radical (unpaired) electrons. The van der Waals surface area contributed by atoms with Crippen molar-refractivity contribution < 1.29 is 9.50 Å². The smallest absolute Gasteiger partial charge is 0.137 e. The maximum atomic E-state index is 13.4. The summed E-state index contributed by atoms with van der Waals surface area (Å²) < 4.78 is 15.5. The van der Waals surface area contributed by atoms with Crippen molar-refractivity contribution in [1.82, 2.24) is 9.78 Å². The van der Waals surface area contributed by atoms with Gasteiger partial charge in [0.1, 0.15) is 5.82 Å². The van der Waals surface area contributed by atoms with Gasteiger partial charge in [-0.05, 0) is 40.0 Å². The summed E-state index contributed by atoms with van der Waals surface area (Å²) in [6, 6.07) is 6.64. The molecule has 1 heterocycles. The molecule has 5 heteroatoms. The van der Waals surface area contributed by atoms with Gasteiger partial charge < -0.3 is 5.11 Å². The average Bonchev–Trinajstić information content (AvgIpc) is 2.73. The van der Waals surface area contributed by atoms with E-state index in [1.54, 1.807) is 16.8 Å². The molecule has 19 heavy (non-hydrogen) atoms. The third kappa shape index (κ3) is 3.04. The van der Waals surface area contributed by atoms with Crippen molar-refractivity contribution in [2.75, 3.05) is 0 Å². The van der Waals surface area contributed by atoms with Gasteiger partial charge in [-0.25, -0.2) is 4.39 Å². The van der Waals surface area contributed by atoms with Gasteiger partial charge in [0.25, 0.3) is 0 Å². The molecule has 3 nitrogen and oxygen atoms in total. The Morgan fingerprint density at radius 3 is 2.84 bits per heavy atom. The number of aryl methyl sites for hydroxylation is 2. The van der Waals surface area contributed by atoms with E-state index < -0.39 is 6.10 Å². The van der Waals surface area contributed by atoms with E-state index in [4.69, 9.17) is 0 Å². The minimum Gasteiger partial charge on any atom is -0.388 e. The second kappa shape index (κ2) is 5.84. The zero-order valence-electron chi connectivity index (χ0n) is 10.9. The number of nitrogens with zero attached hydrogens (tertiary/aromatic N) is 2. The van der Waals surface area contributed by atoms with Crippen LogP contribution in [-0.4, -0.2) is 14.9 Å². The van der Waals surface area contributed by atoms with Crippen molar-refractivity contribution >= 4 is 15.9 Å². The van der Waals surface area contributed by atoms with Crippen LogP contribution >= 0.6 is 15.9 Å². The molecule has 102 valence electrons. The highest BCUT2D eigenvalue weighted by atomic mass is 79.9. The molecule has 1 atom stereocenters. The summed E-state index contributed by atoms with van der Waals surface area (Å²) in [7, 11) is 1.85. The van der Waals surface area contributed by atoms with E-state index >= 15 is 0 Å². The molecule has 0 saturated carbocycles. The lowest BCUT2D eigenvalue weighted by Gasteiger charge is -2.13. The average molecular weight is 327 g/mol. The largest absolute Gasteiger partial charge is 0.388 e. The lowest BCUT2D eigenvalue weighted by atomic mass is 10.0. The molecule has 0 spiro atoms. The van der Waals surface area contributed by atoms with Crippen molar-refractivity contribution in [3.05, 3.63) is 51.5 Å². The Morgan fingerprint density at radius 1 is 1.47 bits per heavy atom. The molecule has 0 aliphatic heterocycles. The maximum absolute atomic E-state index is 13.4. The highest BCUT2D eigenvalue weighted by molar-refractivity contribution is 9.10. The number of benzene rings is 1. The number of rotatable bonds is 4. The molecule has 0 amide bonds.